The molecule has 1 N–H and O–H groups in total. The molecule has 3 aromatic rings. The number of hydrogen-bond donors (Lipinski definition) is 1. The average Bonchev–Trinajstić information content (AvgIpc) is 3.10. The Bertz CT molecular complexity index is 817. The Labute approximate surface area is 146 Å². The lowest BCUT2D eigenvalue weighted by molar-refractivity contribution is 0.176. The largest absolute Gasteiger partial charge is 0.380 e. The molecule has 3 rings (SSSR count). The summed E-state index contributed by atoms with van der Waals surface area (Å²) < 4.78 is 5.37. The van der Waals surface area contributed by atoms with Crippen LogP contribution >= 0.6 is 11.6 Å². The molecule has 5 heteroatoms. The number of nitrogens with zero attached hydrogens (tertiary/aromatic N) is 2. The quantitative estimate of drug-likeness (QED) is 0.710. The van der Waals surface area contributed by atoms with Crippen LogP contribution in [0.4, 0.5) is 0 Å². The van der Waals surface area contributed by atoms with E-state index in [-0.39, 0.29) is 0 Å². The maximum absolute atomic E-state index is 10.4. The van der Waals surface area contributed by atoms with Gasteiger partial charge in [-0.25, -0.2) is 0 Å². The van der Waals surface area contributed by atoms with E-state index in [0.29, 0.717) is 28.0 Å². The number of pyridine rings is 1. The second-order valence-electron chi connectivity index (χ2n) is 5.82. The van der Waals surface area contributed by atoms with Crippen molar-refractivity contribution < 1.29 is 9.63 Å². The van der Waals surface area contributed by atoms with E-state index >= 15 is 0 Å². The molecule has 2 heterocycles. The fourth-order valence-corrected chi connectivity index (χ4v) is 2.96. The van der Waals surface area contributed by atoms with Crippen molar-refractivity contribution in [1.82, 2.24) is 10.1 Å². The summed E-state index contributed by atoms with van der Waals surface area (Å²) >= 11 is 6.42. The molecular weight excluding hydrogens is 324 g/mol. The number of aliphatic hydroxyl groups is 1. The first-order chi connectivity index (χ1) is 11.6. The first-order valence-corrected chi connectivity index (χ1v) is 8.33. The number of rotatable bonds is 5. The number of benzene rings is 1. The summed E-state index contributed by atoms with van der Waals surface area (Å²) in [6.45, 7) is 4.29. The van der Waals surface area contributed by atoms with Gasteiger partial charge < -0.3 is 9.63 Å². The molecule has 0 radical (unpaired) electrons. The van der Waals surface area contributed by atoms with Crippen molar-refractivity contribution in [2.24, 2.45) is 0 Å². The third-order valence-corrected chi connectivity index (χ3v) is 4.56. The second kappa shape index (κ2) is 7.16. The molecule has 0 aliphatic heterocycles. The molecule has 0 bridgehead atoms. The molecule has 124 valence electrons. The van der Waals surface area contributed by atoms with Gasteiger partial charge in [0.15, 0.2) is 5.76 Å². The monoisotopic (exact) mass is 342 g/mol. The Hall–Kier alpha value is -2.17. The standard InChI is InChI=1S/C19H19ClN2O2/c1-3-12(2)14-7-4-8-15(20)18(14)16-10-17(24-22-16)19(23)13-6-5-9-21-11-13/h4-12,19,23H,3H2,1-2H3. The molecule has 4 nitrogen and oxygen atoms in total. The molecule has 0 spiro atoms. The lowest BCUT2D eigenvalue weighted by Crippen LogP contribution is -1.98. The SMILES string of the molecule is CCC(C)c1cccc(Cl)c1-c1cc(C(O)c2cccnc2)on1. The minimum Gasteiger partial charge on any atom is -0.380 e. The molecule has 0 saturated heterocycles. The molecule has 2 aromatic heterocycles. The van der Waals surface area contributed by atoms with Gasteiger partial charge in [-0.2, -0.15) is 0 Å². The molecule has 0 fully saturated rings. The third kappa shape index (κ3) is 3.21. The number of aromatic nitrogens is 2. The van der Waals surface area contributed by atoms with Crippen molar-refractivity contribution >= 4 is 11.6 Å². The Morgan fingerprint density at radius 3 is 2.79 bits per heavy atom. The van der Waals surface area contributed by atoms with Crippen LogP contribution in [0.1, 0.15) is 49.2 Å². The Morgan fingerprint density at radius 2 is 2.08 bits per heavy atom. The van der Waals surface area contributed by atoms with Gasteiger partial charge in [-0.1, -0.05) is 48.8 Å². The Morgan fingerprint density at radius 1 is 1.25 bits per heavy atom. The number of halogens is 1. The fourth-order valence-electron chi connectivity index (χ4n) is 2.68. The van der Waals surface area contributed by atoms with Gasteiger partial charge in [0.1, 0.15) is 11.8 Å². The van der Waals surface area contributed by atoms with Crippen molar-refractivity contribution in [2.75, 3.05) is 0 Å². The molecule has 24 heavy (non-hydrogen) atoms. The minimum atomic E-state index is -0.908. The van der Waals surface area contributed by atoms with E-state index in [1.807, 2.05) is 12.1 Å². The van der Waals surface area contributed by atoms with Gasteiger partial charge in [-0.15, -0.1) is 0 Å². The average molecular weight is 343 g/mol. The third-order valence-electron chi connectivity index (χ3n) is 4.24. The van der Waals surface area contributed by atoms with E-state index in [9.17, 15) is 5.11 Å². The fraction of sp³-hybridized carbons (Fsp3) is 0.263. The zero-order chi connectivity index (χ0) is 17.1. The summed E-state index contributed by atoms with van der Waals surface area (Å²) in [5.74, 6) is 0.718. The van der Waals surface area contributed by atoms with Gasteiger partial charge in [0.05, 0.1) is 5.02 Å². The highest BCUT2D eigenvalue weighted by Gasteiger charge is 2.21. The van der Waals surface area contributed by atoms with Crippen LogP contribution in [0, 0.1) is 0 Å². The molecular formula is C19H19ClN2O2. The predicted octanol–water partition coefficient (Wildman–Crippen LogP) is 4.99. The normalized spacial score (nSPS) is 13.7. The van der Waals surface area contributed by atoms with Gasteiger partial charge >= 0.3 is 0 Å². The van der Waals surface area contributed by atoms with Crippen LogP contribution in [0.2, 0.25) is 5.02 Å². The predicted molar refractivity (Wildman–Crippen MR) is 94.0 cm³/mol. The maximum atomic E-state index is 10.4. The van der Waals surface area contributed by atoms with E-state index < -0.39 is 6.10 Å². The Balaban J connectivity index is 2.00. The summed E-state index contributed by atoms with van der Waals surface area (Å²) in [6.07, 6.45) is 3.35. The highest BCUT2D eigenvalue weighted by atomic mass is 35.5. The van der Waals surface area contributed by atoms with Crippen LogP contribution in [0.5, 0.6) is 0 Å². The highest BCUT2D eigenvalue weighted by molar-refractivity contribution is 6.33. The van der Waals surface area contributed by atoms with Crippen molar-refractivity contribution in [1.29, 1.82) is 0 Å². The molecule has 2 atom stereocenters. The van der Waals surface area contributed by atoms with Crippen LogP contribution in [0.25, 0.3) is 11.3 Å². The summed E-state index contributed by atoms with van der Waals surface area (Å²) in [4.78, 5) is 4.02. The molecule has 2 unspecified atom stereocenters. The minimum absolute atomic E-state index is 0.349. The van der Waals surface area contributed by atoms with Crippen molar-refractivity contribution in [3.05, 3.63) is 70.7 Å². The van der Waals surface area contributed by atoms with E-state index in [1.165, 1.54) is 0 Å². The molecule has 0 amide bonds. The van der Waals surface area contributed by atoms with Gasteiger partial charge in [0.2, 0.25) is 0 Å². The molecule has 0 saturated carbocycles. The first kappa shape index (κ1) is 16.7. The lowest BCUT2D eigenvalue weighted by Gasteiger charge is -2.14. The van der Waals surface area contributed by atoms with Crippen molar-refractivity contribution in [3.8, 4) is 11.3 Å². The van der Waals surface area contributed by atoms with Gasteiger partial charge in [-0.3, -0.25) is 4.98 Å². The second-order valence-corrected chi connectivity index (χ2v) is 6.22. The number of aliphatic hydroxyl groups excluding tert-OH is 1. The highest BCUT2D eigenvalue weighted by Crippen LogP contribution is 2.37. The van der Waals surface area contributed by atoms with Crippen LogP contribution in [-0.2, 0) is 0 Å². The first-order valence-electron chi connectivity index (χ1n) is 7.95. The van der Waals surface area contributed by atoms with Crippen molar-refractivity contribution in [3.63, 3.8) is 0 Å². The summed E-state index contributed by atoms with van der Waals surface area (Å²) in [5, 5.41) is 15.2. The van der Waals surface area contributed by atoms with E-state index in [2.05, 4.69) is 30.1 Å². The summed E-state index contributed by atoms with van der Waals surface area (Å²) in [5.41, 5.74) is 3.28. The van der Waals surface area contributed by atoms with Crippen LogP contribution < -0.4 is 0 Å². The maximum Gasteiger partial charge on any atom is 0.170 e. The van der Waals surface area contributed by atoms with Crippen molar-refractivity contribution in [2.45, 2.75) is 32.3 Å². The molecule has 0 aliphatic rings. The van der Waals surface area contributed by atoms with Gasteiger partial charge in [-0.05, 0) is 30.0 Å². The molecule has 0 aliphatic carbocycles. The Kier molecular flexibility index (Phi) is 4.97. The number of hydrogen-bond acceptors (Lipinski definition) is 4. The van der Waals surface area contributed by atoms with E-state index in [4.69, 9.17) is 16.1 Å². The van der Waals surface area contributed by atoms with E-state index in [1.54, 1.807) is 30.6 Å². The summed E-state index contributed by atoms with van der Waals surface area (Å²) in [6, 6.07) is 11.1. The molecule has 1 aromatic carbocycles. The van der Waals surface area contributed by atoms with Gasteiger partial charge in [0, 0.05) is 29.6 Å². The summed E-state index contributed by atoms with van der Waals surface area (Å²) in [7, 11) is 0. The van der Waals surface area contributed by atoms with Crippen LogP contribution in [-0.4, -0.2) is 15.2 Å². The lowest BCUT2D eigenvalue weighted by atomic mass is 9.92. The van der Waals surface area contributed by atoms with Gasteiger partial charge in [0.25, 0.3) is 0 Å². The van der Waals surface area contributed by atoms with E-state index in [0.717, 1.165) is 17.5 Å². The van der Waals surface area contributed by atoms with Crippen LogP contribution in [0.15, 0.2) is 53.3 Å². The van der Waals surface area contributed by atoms with Crippen LogP contribution in [0.3, 0.4) is 0 Å². The topological polar surface area (TPSA) is 59.2 Å². The zero-order valence-corrected chi connectivity index (χ0v) is 14.4. The zero-order valence-electron chi connectivity index (χ0n) is 13.6. The smallest absolute Gasteiger partial charge is 0.170 e.